The minimum atomic E-state index is 0.344. The summed E-state index contributed by atoms with van der Waals surface area (Å²) in [4.78, 5) is 0. The zero-order valence-corrected chi connectivity index (χ0v) is 14.8. The maximum absolute atomic E-state index is 3.61. The molecule has 0 bridgehead atoms. The minimum absolute atomic E-state index is 0.344. The second kappa shape index (κ2) is 6.86. The van der Waals surface area contributed by atoms with Crippen LogP contribution in [0.5, 0.6) is 0 Å². The summed E-state index contributed by atoms with van der Waals surface area (Å²) in [6.45, 7) is 2.11. The lowest BCUT2D eigenvalue weighted by Crippen LogP contribution is -2.18. The summed E-state index contributed by atoms with van der Waals surface area (Å²) in [7, 11) is 2.02. The Morgan fingerprint density at radius 2 is 1.84 bits per heavy atom. The van der Waals surface area contributed by atoms with E-state index in [4.69, 9.17) is 0 Å². The Morgan fingerprint density at radius 3 is 2.42 bits per heavy atom. The SMILES string of the molecule is CNC(Cc1ccc(I)cc1)c1ccc(C)c(Br)c1. The molecule has 2 rings (SSSR count). The highest BCUT2D eigenvalue weighted by Crippen LogP contribution is 2.24. The molecule has 0 heterocycles. The van der Waals surface area contributed by atoms with Crippen LogP contribution >= 0.6 is 38.5 Å². The van der Waals surface area contributed by atoms with Crippen molar-refractivity contribution in [3.05, 3.63) is 67.2 Å². The molecular weight excluding hydrogens is 413 g/mol. The first kappa shape index (κ1) is 15.0. The van der Waals surface area contributed by atoms with E-state index in [0.717, 1.165) is 6.42 Å². The van der Waals surface area contributed by atoms with Gasteiger partial charge >= 0.3 is 0 Å². The molecule has 1 unspecified atom stereocenters. The molecule has 2 aromatic rings. The van der Waals surface area contributed by atoms with Crippen LogP contribution in [0.25, 0.3) is 0 Å². The number of rotatable bonds is 4. The smallest absolute Gasteiger partial charge is 0.0358 e. The number of hydrogen-bond donors (Lipinski definition) is 1. The summed E-state index contributed by atoms with van der Waals surface area (Å²) in [6.07, 6.45) is 1.00. The molecule has 19 heavy (non-hydrogen) atoms. The zero-order chi connectivity index (χ0) is 13.8. The van der Waals surface area contributed by atoms with Crippen molar-refractivity contribution < 1.29 is 0 Å². The van der Waals surface area contributed by atoms with E-state index in [0.29, 0.717) is 6.04 Å². The number of benzene rings is 2. The number of halogens is 2. The van der Waals surface area contributed by atoms with Crippen molar-refractivity contribution in [3.8, 4) is 0 Å². The van der Waals surface area contributed by atoms with Crippen LogP contribution in [0, 0.1) is 10.5 Å². The van der Waals surface area contributed by atoms with Crippen molar-refractivity contribution in [2.75, 3.05) is 7.05 Å². The Labute approximate surface area is 137 Å². The summed E-state index contributed by atoms with van der Waals surface area (Å²) in [5.74, 6) is 0. The van der Waals surface area contributed by atoms with Crippen molar-refractivity contribution in [2.24, 2.45) is 0 Å². The quantitative estimate of drug-likeness (QED) is 0.684. The topological polar surface area (TPSA) is 12.0 Å². The zero-order valence-electron chi connectivity index (χ0n) is 11.1. The molecule has 2 aromatic carbocycles. The predicted octanol–water partition coefficient (Wildman–Crippen LogP) is 4.87. The lowest BCUT2D eigenvalue weighted by molar-refractivity contribution is 0.591. The van der Waals surface area contributed by atoms with Crippen LogP contribution in [-0.4, -0.2) is 7.05 Å². The summed E-state index contributed by atoms with van der Waals surface area (Å²) < 4.78 is 2.45. The monoisotopic (exact) mass is 429 g/mol. The van der Waals surface area contributed by atoms with E-state index in [2.05, 4.69) is 93.2 Å². The Balaban J connectivity index is 2.19. The number of hydrogen-bond acceptors (Lipinski definition) is 1. The van der Waals surface area contributed by atoms with Crippen LogP contribution in [0.4, 0.5) is 0 Å². The summed E-state index contributed by atoms with van der Waals surface area (Å²) in [6, 6.07) is 15.7. The molecule has 0 aliphatic heterocycles. The molecule has 0 radical (unpaired) electrons. The van der Waals surface area contributed by atoms with Gasteiger partial charge in [-0.15, -0.1) is 0 Å². The lowest BCUT2D eigenvalue weighted by atomic mass is 9.98. The molecule has 0 aromatic heterocycles. The predicted molar refractivity (Wildman–Crippen MR) is 93.5 cm³/mol. The highest BCUT2D eigenvalue weighted by molar-refractivity contribution is 14.1. The Kier molecular flexibility index (Phi) is 5.42. The highest BCUT2D eigenvalue weighted by atomic mass is 127. The van der Waals surface area contributed by atoms with E-state index in [1.165, 1.54) is 24.7 Å². The fourth-order valence-electron chi connectivity index (χ4n) is 2.07. The first-order valence-corrected chi connectivity index (χ1v) is 8.15. The largest absolute Gasteiger partial charge is 0.313 e. The molecule has 0 fully saturated rings. The van der Waals surface area contributed by atoms with Gasteiger partial charge in [0.1, 0.15) is 0 Å². The molecular formula is C16H17BrIN. The Hall–Kier alpha value is -0.390. The van der Waals surface area contributed by atoms with E-state index >= 15 is 0 Å². The molecule has 1 atom stereocenters. The van der Waals surface area contributed by atoms with Gasteiger partial charge in [0.25, 0.3) is 0 Å². The van der Waals surface area contributed by atoms with Crippen molar-refractivity contribution in [3.63, 3.8) is 0 Å². The fraction of sp³-hybridized carbons (Fsp3) is 0.250. The average Bonchev–Trinajstić information content (AvgIpc) is 2.41. The van der Waals surface area contributed by atoms with Crippen LogP contribution in [0.3, 0.4) is 0 Å². The average molecular weight is 430 g/mol. The molecule has 1 N–H and O–H groups in total. The third kappa shape index (κ3) is 4.04. The van der Waals surface area contributed by atoms with Gasteiger partial charge in [0.2, 0.25) is 0 Å². The molecule has 0 saturated carbocycles. The minimum Gasteiger partial charge on any atom is -0.313 e. The first-order valence-electron chi connectivity index (χ1n) is 6.28. The van der Waals surface area contributed by atoms with Gasteiger partial charge in [0, 0.05) is 14.1 Å². The highest BCUT2D eigenvalue weighted by Gasteiger charge is 2.11. The van der Waals surface area contributed by atoms with Crippen molar-refractivity contribution in [1.82, 2.24) is 5.32 Å². The third-order valence-electron chi connectivity index (χ3n) is 3.30. The van der Waals surface area contributed by atoms with E-state index in [1.807, 2.05) is 7.05 Å². The molecule has 0 aliphatic carbocycles. The molecule has 0 aliphatic rings. The van der Waals surface area contributed by atoms with E-state index < -0.39 is 0 Å². The van der Waals surface area contributed by atoms with Crippen molar-refractivity contribution in [1.29, 1.82) is 0 Å². The molecule has 0 amide bonds. The summed E-state index contributed by atoms with van der Waals surface area (Å²) >= 11 is 5.95. The van der Waals surface area contributed by atoms with Gasteiger partial charge in [-0.2, -0.15) is 0 Å². The van der Waals surface area contributed by atoms with Gasteiger partial charge in [0.05, 0.1) is 0 Å². The second-order valence-electron chi connectivity index (χ2n) is 4.68. The molecule has 0 saturated heterocycles. The fourth-order valence-corrected chi connectivity index (χ4v) is 2.82. The second-order valence-corrected chi connectivity index (χ2v) is 6.78. The van der Waals surface area contributed by atoms with Gasteiger partial charge in [0.15, 0.2) is 0 Å². The first-order chi connectivity index (χ1) is 9.10. The van der Waals surface area contributed by atoms with E-state index in [-0.39, 0.29) is 0 Å². The summed E-state index contributed by atoms with van der Waals surface area (Å²) in [5.41, 5.74) is 3.95. The van der Waals surface area contributed by atoms with Crippen LogP contribution in [-0.2, 0) is 6.42 Å². The van der Waals surface area contributed by atoms with Gasteiger partial charge in [-0.05, 0) is 77.9 Å². The molecule has 1 nitrogen and oxygen atoms in total. The number of aryl methyl sites for hydroxylation is 1. The number of nitrogens with one attached hydrogen (secondary N) is 1. The maximum Gasteiger partial charge on any atom is 0.0358 e. The third-order valence-corrected chi connectivity index (χ3v) is 4.87. The Morgan fingerprint density at radius 1 is 1.16 bits per heavy atom. The van der Waals surface area contributed by atoms with Gasteiger partial charge in [-0.3, -0.25) is 0 Å². The molecule has 0 spiro atoms. The normalized spacial score (nSPS) is 12.4. The summed E-state index contributed by atoms with van der Waals surface area (Å²) in [5, 5.41) is 3.41. The van der Waals surface area contributed by atoms with Crippen LogP contribution < -0.4 is 5.32 Å². The lowest BCUT2D eigenvalue weighted by Gasteiger charge is -2.18. The van der Waals surface area contributed by atoms with E-state index in [9.17, 15) is 0 Å². The van der Waals surface area contributed by atoms with Crippen LogP contribution in [0.1, 0.15) is 22.7 Å². The van der Waals surface area contributed by atoms with Gasteiger partial charge in [-0.1, -0.05) is 40.2 Å². The van der Waals surface area contributed by atoms with Gasteiger partial charge < -0.3 is 5.32 Å². The van der Waals surface area contributed by atoms with Crippen molar-refractivity contribution >= 4 is 38.5 Å². The molecule has 100 valence electrons. The van der Waals surface area contributed by atoms with Crippen LogP contribution in [0.2, 0.25) is 0 Å². The molecule has 3 heteroatoms. The van der Waals surface area contributed by atoms with Crippen LogP contribution in [0.15, 0.2) is 46.9 Å². The van der Waals surface area contributed by atoms with E-state index in [1.54, 1.807) is 0 Å². The standard InChI is InChI=1S/C16H17BrIN/c1-11-3-6-13(10-15(11)17)16(19-2)9-12-4-7-14(18)8-5-12/h3-8,10,16,19H,9H2,1-2H3. The van der Waals surface area contributed by atoms with Gasteiger partial charge in [-0.25, -0.2) is 0 Å². The number of likely N-dealkylation sites (N-methyl/N-ethyl adjacent to an activating group) is 1. The Bertz CT molecular complexity index is 551. The van der Waals surface area contributed by atoms with Crippen molar-refractivity contribution in [2.45, 2.75) is 19.4 Å². The maximum atomic E-state index is 3.61.